The van der Waals surface area contributed by atoms with Gasteiger partial charge in [-0.15, -0.1) is 0 Å². The summed E-state index contributed by atoms with van der Waals surface area (Å²) in [5, 5.41) is 0. The van der Waals surface area contributed by atoms with Gasteiger partial charge in [0, 0.05) is 0 Å². The largest absolute Gasteiger partial charge is 0.465 e. The molecular formula is C21H43NO2. The van der Waals surface area contributed by atoms with E-state index < -0.39 is 6.04 Å². The highest BCUT2D eigenvalue weighted by Crippen LogP contribution is 2.13. The molecule has 0 aliphatic heterocycles. The van der Waals surface area contributed by atoms with Crippen LogP contribution >= 0.6 is 0 Å². The first-order chi connectivity index (χ1) is 11.6. The molecule has 0 aromatic heterocycles. The van der Waals surface area contributed by atoms with Gasteiger partial charge >= 0.3 is 5.97 Å². The van der Waals surface area contributed by atoms with Gasteiger partial charge in [0.1, 0.15) is 6.04 Å². The lowest BCUT2D eigenvalue weighted by Crippen LogP contribution is -2.37. The van der Waals surface area contributed by atoms with Crippen LogP contribution in [0.15, 0.2) is 0 Å². The normalized spacial score (nSPS) is 12.5. The molecule has 0 fully saturated rings. The molecule has 0 bridgehead atoms. The third-order valence-electron chi connectivity index (χ3n) is 4.73. The van der Waals surface area contributed by atoms with E-state index in [1.54, 1.807) is 0 Å². The first-order valence-electron chi connectivity index (χ1n) is 10.5. The van der Waals surface area contributed by atoms with Crippen molar-refractivity contribution in [2.75, 3.05) is 6.61 Å². The Bertz CT molecular complexity index is 279. The molecule has 0 spiro atoms. The van der Waals surface area contributed by atoms with Crippen LogP contribution in [0, 0.1) is 5.92 Å². The van der Waals surface area contributed by atoms with Crippen LogP contribution in [0.5, 0.6) is 0 Å². The summed E-state index contributed by atoms with van der Waals surface area (Å²) in [6.45, 7) is 6.68. The van der Waals surface area contributed by atoms with Crippen molar-refractivity contribution in [3.05, 3.63) is 0 Å². The topological polar surface area (TPSA) is 52.3 Å². The number of carbonyl (C=O) groups is 1. The van der Waals surface area contributed by atoms with E-state index in [0.717, 1.165) is 12.8 Å². The van der Waals surface area contributed by atoms with Gasteiger partial charge in [-0.3, -0.25) is 4.79 Å². The zero-order chi connectivity index (χ0) is 18.0. The summed E-state index contributed by atoms with van der Waals surface area (Å²) in [7, 11) is 0. The highest BCUT2D eigenvalue weighted by Gasteiger charge is 2.18. The minimum absolute atomic E-state index is 0.147. The molecule has 3 heteroatoms. The summed E-state index contributed by atoms with van der Waals surface area (Å²) in [6.07, 6.45) is 18.7. The molecule has 0 saturated carbocycles. The molecule has 0 saturated heterocycles. The Morgan fingerprint density at radius 3 is 1.50 bits per heavy atom. The molecule has 0 amide bonds. The maximum Gasteiger partial charge on any atom is 0.323 e. The second-order valence-corrected chi connectivity index (χ2v) is 7.53. The van der Waals surface area contributed by atoms with E-state index in [4.69, 9.17) is 10.5 Å². The molecule has 0 aliphatic carbocycles. The SMILES string of the molecule is CCCCCCCCCCCCCCCCOC(=O)C(N)C(C)C. The number of carbonyl (C=O) groups excluding carboxylic acids is 1. The summed E-state index contributed by atoms with van der Waals surface area (Å²) in [5.41, 5.74) is 5.75. The van der Waals surface area contributed by atoms with Gasteiger partial charge in [0.05, 0.1) is 6.61 Å². The van der Waals surface area contributed by atoms with Crippen molar-refractivity contribution < 1.29 is 9.53 Å². The van der Waals surface area contributed by atoms with Gasteiger partial charge < -0.3 is 10.5 Å². The van der Waals surface area contributed by atoms with Gasteiger partial charge in [-0.05, 0) is 12.3 Å². The number of nitrogens with two attached hydrogens (primary N) is 1. The van der Waals surface area contributed by atoms with Crippen molar-refractivity contribution in [2.45, 2.75) is 117 Å². The molecule has 0 heterocycles. The summed E-state index contributed by atoms with van der Waals surface area (Å²) < 4.78 is 5.21. The summed E-state index contributed by atoms with van der Waals surface area (Å²) in [4.78, 5) is 11.6. The predicted molar refractivity (Wildman–Crippen MR) is 104 cm³/mol. The number of unbranched alkanes of at least 4 members (excludes halogenated alkanes) is 13. The average molecular weight is 342 g/mol. The van der Waals surface area contributed by atoms with Gasteiger partial charge in [-0.25, -0.2) is 0 Å². The second kappa shape index (κ2) is 17.3. The lowest BCUT2D eigenvalue weighted by atomic mass is 10.0. The van der Waals surface area contributed by atoms with Gasteiger partial charge in [-0.1, -0.05) is 104 Å². The summed E-state index contributed by atoms with van der Waals surface area (Å²) >= 11 is 0. The van der Waals surface area contributed by atoms with Gasteiger partial charge in [0.2, 0.25) is 0 Å². The summed E-state index contributed by atoms with van der Waals surface area (Å²) in [6, 6.07) is -0.475. The van der Waals surface area contributed by atoms with E-state index in [0.29, 0.717) is 6.61 Å². The summed E-state index contributed by atoms with van der Waals surface area (Å²) in [5.74, 6) is -0.103. The van der Waals surface area contributed by atoms with Crippen LogP contribution in [-0.2, 0) is 9.53 Å². The number of hydrogen-bond donors (Lipinski definition) is 1. The molecule has 0 rings (SSSR count). The zero-order valence-electron chi connectivity index (χ0n) is 16.7. The lowest BCUT2D eigenvalue weighted by molar-refractivity contribution is -0.146. The Morgan fingerprint density at radius 1 is 0.750 bits per heavy atom. The maximum atomic E-state index is 11.6. The Kier molecular flexibility index (Phi) is 16.8. The van der Waals surface area contributed by atoms with Gasteiger partial charge in [-0.2, -0.15) is 0 Å². The predicted octanol–water partition coefficient (Wildman–Crippen LogP) is 5.99. The monoisotopic (exact) mass is 341 g/mol. The third-order valence-corrected chi connectivity index (χ3v) is 4.73. The Labute approximate surface area is 151 Å². The van der Waals surface area contributed by atoms with Gasteiger partial charge in [0.15, 0.2) is 0 Å². The van der Waals surface area contributed by atoms with E-state index in [2.05, 4.69) is 6.92 Å². The van der Waals surface area contributed by atoms with Crippen LogP contribution < -0.4 is 5.73 Å². The molecular weight excluding hydrogens is 298 g/mol. The molecule has 0 aromatic carbocycles. The average Bonchev–Trinajstić information content (AvgIpc) is 2.57. The maximum absolute atomic E-state index is 11.6. The molecule has 0 aromatic rings. The zero-order valence-corrected chi connectivity index (χ0v) is 16.7. The van der Waals surface area contributed by atoms with E-state index in [-0.39, 0.29) is 11.9 Å². The minimum Gasteiger partial charge on any atom is -0.465 e. The highest BCUT2D eigenvalue weighted by molar-refractivity contribution is 5.75. The molecule has 1 atom stereocenters. The van der Waals surface area contributed by atoms with E-state index >= 15 is 0 Å². The number of rotatable bonds is 17. The number of hydrogen-bond acceptors (Lipinski definition) is 3. The van der Waals surface area contributed by atoms with Crippen molar-refractivity contribution in [2.24, 2.45) is 11.7 Å². The standard InChI is InChI=1S/C21H43NO2/c1-4-5-6-7-8-9-10-11-12-13-14-15-16-17-18-24-21(23)20(22)19(2)3/h19-20H,4-18,22H2,1-3H3. The lowest BCUT2D eigenvalue weighted by Gasteiger charge is -2.14. The van der Waals surface area contributed by atoms with Crippen LogP contribution in [0.1, 0.15) is 111 Å². The number of ether oxygens (including phenoxy) is 1. The molecule has 144 valence electrons. The fraction of sp³-hybridized carbons (Fsp3) is 0.952. The minimum atomic E-state index is -0.475. The second-order valence-electron chi connectivity index (χ2n) is 7.53. The molecule has 1 unspecified atom stereocenters. The molecule has 3 nitrogen and oxygen atoms in total. The molecule has 0 aliphatic rings. The third kappa shape index (κ3) is 15.0. The molecule has 24 heavy (non-hydrogen) atoms. The fourth-order valence-corrected chi connectivity index (χ4v) is 2.84. The van der Waals surface area contributed by atoms with Crippen molar-refractivity contribution in [3.8, 4) is 0 Å². The van der Waals surface area contributed by atoms with Crippen molar-refractivity contribution >= 4 is 5.97 Å². The van der Waals surface area contributed by atoms with Crippen LogP contribution in [0.2, 0.25) is 0 Å². The van der Waals surface area contributed by atoms with Crippen LogP contribution in [0.4, 0.5) is 0 Å². The smallest absolute Gasteiger partial charge is 0.323 e. The molecule has 2 N–H and O–H groups in total. The Morgan fingerprint density at radius 2 is 1.12 bits per heavy atom. The van der Waals surface area contributed by atoms with Crippen molar-refractivity contribution in [3.63, 3.8) is 0 Å². The Hall–Kier alpha value is -0.570. The Balaban J connectivity index is 3.17. The van der Waals surface area contributed by atoms with Crippen LogP contribution in [0.25, 0.3) is 0 Å². The fourth-order valence-electron chi connectivity index (χ4n) is 2.84. The quantitative estimate of drug-likeness (QED) is 0.261. The van der Waals surface area contributed by atoms with Crippen molar-refractivity contribution in [1.82, 2.24) is 0 Å². The van der Waals surface area contributed by atoms with E-state index in [1.165, 1.54) is 77.0 Å². The van der Waals surface area contributed by atoms with E-state index in [1.807, 2.05) is 13.8 Å². The van der Waals surface area contributed by atoms with Crippen molar-refractivity contribution in [1.29, 1.82) is 0 Å². The first kappa shape index (κ1) is 23.4. The van der Waals surface area contributed by atoms with Crippen LogP contribution in [-0.4, -0.2) is 18.6 Å². The van der Waals surface area contributed by atoms with Gasteiger partial charge in [0.25, 0.3) is 0 Å². The molecule has 0 radical (unpaired) electrons. The number of esters is 1. The van der Waals surface area contributed by atoms with E-state index in [9.17, 15) is 4.79 Å². The first-order valence-corrected chi connectivity index (χ1v) is 10.5. The van der Waals surface area contributed by atoms with Crippen LogP contribution in [0.3, 0.4) is 0 Å². The highest BCUT2D eigenvalue weighted by atomic mass is 16.5.